The second-order valence-electron chi connectivity index (χ2n) is 4.60. The molecule has 0 aromatic heterocycles. The molecule has 0 saturated carbocycles. The highest BCUT2D eigenvalue weighted by molar-refractivity contribution is 9.10. The second kappa shape index (κ2) is 7.95. The molecule has 2 aromatic rings. The molecule has 0 aliphatic heterocycles. The van der Waals surface area contributed by atoms with E-state index in [-0.39, 0.29) is 5.57 Å². The van der Waals surface area contributed by atoms with Gasteiger partial charge in [0.1, 0.15) is 24.0 Å². The quantitative estimate of drug-likeness (QED) is 0.565. The first-order valence-electron chi connectivity index (χ1n) is 6.58. The lowest BCUT2D eigenvalue weighted by Gasteiger charge is -2.10. The highest BCUT2D eigenvalue weighted by Gasteiger charge is 2.07. The molecule has 0 unspecified atom stereocenters. The highest BCUT2D eigenvalue weighted by Crippen LogP contribution is 2.28. The minimum absolute atomic E-state index is 0.0983. The number of ether oxygens (including phenoxy) is 1. The van der Waals surface area contributed by atoms with Gasteiger partial charge in [-0.3, -0.25) is 4.79 Å². The number of nitrogens with two attached hydrogens (primary N) is 1. The van der Waals surface area contributed by atoms with Crippen LogP contribution in [0.1, 0.15) is 11.1 Å². The minimum Gasteiger partial charge on any atom is -0.488 e. The molecule has 0 aliphatic carbocycles. The van der Waals surface area contributed by atoms with E-state index in [2.05, 4.69) is 31.9 Å². The van der Waals surface area contributed by atoms with Crippen LogP contribution in [0.25, 0.3) is 6.08 Å². The first-order chi connectivity index (χ1) is 11.0. The summed E-state index contributed by atoms with van der Waals surface area (Å²) in [5, 5.41) is 8.86. The van der Waals surface area contributed by atoms with Crippen LogP contribution in [-0.2, 0) is 11.4 Å². The molecule has 6 heteroatoms. The molecule has 0 bridgehead atoms. The SMILES string of the molecule is N#C/C(=C\c1ccc(OCc2ccccc2Br)c(Br)c1)C(N)=O. The van der Waals surface area contributed by atoms with Crippen molar-refractivity contribution in [2.45, 2.75) is 6.61 Å². The smallest absolute Gasteiger partial charge is 0.259 e. The molecule has 116 valence electrons. The van der Waals surface area contributed by atoms with E-state index in [1.807, 2.05) is 24.3 Å². The van der Waals surface area contributed by atoms with E-state index in [4.69, 9.17) is 15.7 Å². The molecule has 4 nitrogen and oxygen atoms in total. The zero-order valence-electron chi connectivity index (χ0n) is 11.9. The van der Waals surface area contributed by atoms with Crippen molar-refractivity contribution >= 4 is 43.8 Å². The van der Waals surface area contributed by atoms with Gasteiger partial charge in [0.05, 0.1) is 4.47 Å². The summed E-state index contributed by atoms with van der Waals surface area (Å²) in [6.07, 6.45) is 1.44. The van der Waals surface area contributed by atoms with Crippen LogP contribution < -0.4 is 10.5 Å². The summed E-state index contributed by atoms with van der Waals surface area (Å²) in [6, 6.07) is 14.9. The number of benzene rings is 2. The van der Waals surface area contributed by atoms with E-state index < -0.39 is 5.91 Å². The molecule has 23 heavy (non-hydrogen) atoms. The van der Waals surface area contributed by atoms with Gasteiger partial charge in [0.2, 0.25) is 0 Å². The number of amides is 1. The number of hydrogen-bond acceptors (Lipinski definition) is 3. The van der Waals surface area contributed by atoms with Gasteiger partial charge in [0.15, 0.2) is 0 Å². The van der Waals surface area contributed by atoms with Crippen molar-refractivity contribution in [3.05, 3.63) is 68.1 Å². The molecular formula is C17H12Br2N2O2. The predicted molar refractivity (Wildman–Crippen MR) is 95.4 cm³/mol. The number of carbonyl (C=O) groups is 1. The Morgan fingerprint density at radius 2 is 1.96 bits per heavy atom. The summed E-state index contributed by atoms with van der Waals surface area (Å²) < 4.78 is 7.49. The van der Waals surface area contributed by atoms with E-state index in [1.165, 1.54) is 6.08 Å². The van der Waals surface area contributed by atoms with Gasteiger partial charge in [-0.1, -0.05) is 40.2 Å². The van der Waals surface area contributed by atoms with E-state index >= 15 is 0 Å². The van der Waals surface area contributed by atoms with Crippen LogP contribution in [0.3, 0.4) is 0 Å². The Bertz CT molecular complexity index is 810. The molecule has 0 spiro atoms. The topological polar surface area (TPSA) is 76.1 Å². The van der Waals surface area contributed by atoms with Crippen molar-refractivity contribution in [3.8, 4) is 11.8 Å². The van der Waals surface area contributed by atoms with Crippen LogP contribution in [0, 0.1) is 11.3 Å². The Morgan fingerprint density at radius 3 is 2.57 bits per heavy atom. The lowest BCUT2D eigenvalue weighted by atomic mass is 10.1. The summed E-state index contributed by atoms with van der Waals surface area (Å²) in [6.45, 7) is 0.417. The zero-order valence-corrected chi connectivity index (χ0v) is 15.1. The molecule has 0 fully saturated rings. The number of nitrogens with zero attached hydrogens (tertiary/aromatic N) is 1. The van der Waals surface area contributed by atoms with Crippen LogP contribution in [0.15, 0.2) is 57.0 Å². The Balaban J connectivity index is 2.16. The van der Waals surface area contributed by atoms with Crippen LogP contribution in [0.5, 0.6) is 5.75 Å². The summed E-state index contributed by atoms with van der Waals surface area (Å²) in [7, 11) is 0. The lowest BCUT2D eigenvalue weighted by molar-refractivity contribution is -0.114. The van der Waals surface area contributed by atoms with Crippen LogP contribution in [-0.4, -0.2) is 5.91 Å². The number of carbonyl (C=O) groups excluding carboxylic acids is 1. The summed E-state index contributed by atoms with van der Waals surface area (Å²) in [5.41, 5.74) is 6.73. The molecule has 2 N–H and O–H groups in total. The highest BCUT2D eigenvalue weighted by atomic mass is 79.9. The summed E-state index contributed by atoms with van der Waals surface area (Å²) >= 11 is 6.90. The molecule has 0 heterocycles. The first kappa shape index (κ1) is 17.3. The maximum atomic E-state index is 11.1. The third-order valence-corrected chi connectivity index (χ3v) is 4.39. The average Bonchev–Trinajstić information content (AvgIpc) is 2.53. The first-order valence-corrected chi connectivity index (χ1v) is 8.17. The molecule has 1 amide bonds. The number of rotatable bonds is 5. The van der Waals surface area contributed by atoms with Crippen LogP contribution in [0.4, 0.5) is 0 Å². The number of nitriles is 1. The number of halogens is 2. The van der Waals surface area contributed by atoms with Crippen molar-refractivity contribution in [2.75, 3.05) is 0 Å². The fraction of sp³-hybridized carbons (Fsp3) is 0.0588. The van der Waals surface area contributed by atoms with Crippen molar-refractivity contribution in [2.24, 2.45) is 5.73 Å². The molecule has 0 radical (unpaired) electrons. The standard InChI is InChI=1S/C17H12Br2N2O2/c18-14-4-2-1-3-12(14)10-23-16-6-5-11(8-15(16)19)7-13(9-20)17(21)22/h1-8H,10H2,(H2,21,22)/b13-7+. The van der Waals surface area contributed by atoms with Crippen molar-refractivity contribution < 1.29 is 9.53 Å². The van der Waals surface area contributed by atoms with E-state index in [0.29, 0.717) is 17.9 Å². The van der Waals surface area contributed by atoms with Gasteiger partial charge in [-0.2, -0.15) is 5.26 Å². The van der Waals surface area contributed by atoms with Crippen LogP contribution >= 0.6 is 31.9 Å². The van der Waals surface area contributed by atoms with Crippen molar-refractivity contribution in [1.82, 2.24) is 0 Å². The van der Waals surface area contributed by atoms with E-state index in [0.717, 1.165) is 14.5 Å². The zero-order chi connectivity index (χ0) is 16.8. The van der Waals surface area contributed by atoms with Gasteiger partial charge in [-0.15, -0.1) is 0 Å². The van der Waals surface area contributed by atoms with Crippen molar-refractivity contribution in [1.29, 1.82) is 5.26 Å². The second-order valence-corrected chi connectivity index (χ2v) is 6.31. The number of hydrogen-bond donors (Lipinski definition) is 1. The normalized spacial score (nSPS) is 10.9. The Morgan fingerprint density at radius 1 is 1.22 bits per heavy atom. The van der Waals surface area contributed by atoms with Crippen molar-refractivity contribution in [3.63, 3.8) is 0 Å². The largest absolute Gasteiger partial charge is 0.488 e. The molecular weight excluding hydrogens is 424 g/mol. The lowest BCUT2D eigenvalue weighted by Crippen LogP contribution is -2.12. The van der Waals surface area contributed by atoms with Gasteiger partial charge in [0, 0.05) is 10.0 Å². The molecule has 0 aliphatic rings. The Kier molecular flexibility index (Phi) is 5.97. The Labute approximate surface area is 150 Å². The minimum atomic E-state index is -0.752. The van der Waals surface area contributed by atoms with E-state index in [1.54, 1.807) is 24.3 Å². The van der Waals surface area contributed by atoms with Gasteiger partial charge in [-0.25, -0.2) is 0 Å². The van der Waals surface area contributed by atoms with Gasteiger partial charge in [0.25, 0.3) is 5.91 Å². The fourth-order valence-electron chi connectivity index (χ4n) is 1.82. The summed E-state index contributed by atoms with van der Waals surface area (Å²) in [5.74, 6) is -0.0895. The molecule has 0 atom stereocenters. The van der Waals surface area contributed by atoms with E-state index in [9.17, 15) is 4.79 Å². The Hall–Kier alpha value is -2.10. The molecule has 2 aromatic carbocycles. The fourth-order valence-corrected chi connectivity index (χ4v) is 2.73. The maximum Gasteiger partial charge on any atom is 0.259 e. The van der Waals surface area contributed by atoms with Gasteiger partial charge >= 0.3 is 0 Å². The van der Waals surface area contributed by atoms with Gasteiger partial charge in [-0.05, 0) is 45.8 Å². The summed E-state index contributed by atoms with van der Waals surface area (Å²) in [4.78, 5) is 11.1. The number of primary amides is 1. The molecule has 0 saturated heterocycles. The predicted octanol–water partition coefficient (Wildman–Crippen LogP) is 4.18. The average molecular weight is 436 g/mol. The van der Waals surface area contributed by atoms with Gasteiger partial charge < -0.3 is 10.5 Å². The van der Waals surface area contributed by atoms with Crippen LogP contribution in [0.2, 0.25) is 0 Å². The maximum absolute atomic E-state index is 11.1. The monoisotopic (exact) mass is 434 g/mol. The third-order valence-electron chi connectivity index (χ3n) is 2.99. The molecule has 2 rings (SSSR count). The third kappa shape index (κ3) is 4.68.